The lowest BCUT2D eigenvalue weighted by Crippen LogP contribution is -2.44. The van der Waals surface area contributed by atoms with Gasteiger partial charge in [-0.2, -0.15) is 0 Å². The summed E-state index contributed by atoms with van der Waals surface area (Å²) >= 11 is 0. The highest BCUT2D eigenvalue weighted by Gasteiger charge is 2.19. The summed E-state index contributed by atoms with van der Waals surface area (Å²) < 4.78 is 5.47. The number of hydrogen-bond donors (Lipinski definition) is 1. The van der Waals surface area contributed by atoms with Crippen molar-refractivity contribution in [1.82, 2.24) is 10.2 Å². The molecule has 0 radical (unpaired) electrons. The van der Waals surface area contributed by atoms with Crippen molar-refractivity contribution in [3.05, 3.63) is 35.9 Å². The number of nitrogens with zero attached hydrogens (tertiary/aromatic N) is 1. The molecule has 2 rings (SSSR count). The second kappa shape index (κ2) is 6.88. The van der Waals surface area contributed by atoms with Gasteiger partial charge in [0.15, 0.2) is 0 Å². The monoisotopic (exact) mass is 248 g/mol. The van der Waals surface area contributed by atoms with E-state index in [2.05, 4.69) is 47.5 Å². The van der Waals surface area contributed by atoms with E-state index in [0.29, 0.717) is 12.1 Å². The van der Waals surface area contributed by atoms with Crippen LogP contribution < -0.4 is 5.32 Å². The number of benzene rings is 1. The molecule has 1 saturated heterocycles. The van der Waals surface area contributed by atoms with E-state index in [1.807, 2.05) is 7.05 Å². The molecule has 1 heterocycles. The van der Waals surface area contributed by atoms with Gasteiger partial charge < -0.3 is 10.1 Å². The van der Waals surface area contributed by atoms with Crippen LogP contribution in [-0.4, -0.2) is 44.3 Å². The second-order valence-electron chi connectivity index (χ2n) is 5.00. The zero-order valence-electron chi connectivity index (χ0n) is 11.4. The van der Waals surface area contributed by atoms with Crippen molar-refractivity contribution in [2.75, 3.05) is 33.4 Å². The predicted molar refractivity (Wildman–Crippen MR) is 74.7 cm³/mol. The summed E-state index contributed by atoms with van der Waals surface area (Å²) in [4.78, 5) is 2.52. The highest BCUT2D eigenvalue weighted by Crippen LogP contribution is 2.17. The molecule has 0 amide bonds. The molecule has 0 saturated carbocycles. The summed E-state index contributed by atoms with van der Waals surface area (Å²) in [6, 6.07) is 11.7. The summed E-state index contributed by atoms with van der Waals surface area (Å²) in [6.07, 6.45) is 1.14. The first kappa shape index (κ1) is 13.5. The molecule has 18 heavy (non-hydrogen) atoms. The van der Waals surface area contributed by atoms with Gasteiger partial charge in [0, 0.05) is 25.2 Å². The molecule has 1 aliphatic rings. The summed E-state index contributed by atoms with van der Waals surface area (Å²) in [5.74, 6) is 0. The number of morpholine rings is 1. The first-order chi connectivity index (χ1) is 8.81. The fourth-order valence-electron chi connectivity index (χ4n) is 2.55. The molecule has 0 spiro atoms. The molecule has 100 valence electrons. The molecule has 2 atom stereocenters. The SMILES string of the molecule is CNC(CCN1CCOCC1C)c1ccccc1. The predicted octanol–water partition coefficient (Wildman–Crippen LogP) is 2.06. The summed E-state index contributed by atoms with van der Waals surface area (Å²) in [5.41, 5.74) is 1.38. The lowest BCUT2D eigenvalue weighted by Gasteiger charge is -2.34. The Morgan fingerprint density at radius 1 is 1.39 bits per heavy atom. The molecular formula is C15H24N2O. The smallest absolute Gasteiger partial charge is 0.0619 e. The lowest BCUT2D eigenvalue weighted by molar-refractivity contribution is -0.00174. The van der Waals surface area contributed by atoms with Crippen molar-refractivity contribution >= 4 is 0 Å². The largest absolute Gasteiger partial charge is 0.379 e. The molecule has 3 nitrogen and oxygen atoms in total. The van der Waals surface area contributed by atoms with E-state index in [-0.39, 0.29) is 0 Å². The Kier molecular flexibility index (Phi) is 5.17. The van der Waals surface area contributed by atoms with Crippen molar-refractivity contribution in [2.45, 2.75) is 25.4 Å². The summed E-state index contributed by atoms with van der Waals surface area (Å²) in [5, 5.41) is 3.41. The van der Waals surface area contributed by atoms with Gasteiger partial charge in [-0.25, -0.2) is 0 Å². The average molecular weight is 248 g/mol. The summed E-state index contributed by atoms with van der Waals surface area (Å²) in [6.45, 7) is 6.18. The first-order valence-electron chi connectivity index (χ1n) is 6.85. The Morgan fingerprint density at radius 3 is 2.83 bits per heavy atom. The Hall–Kier alpha value is -0.900. The molecule has 3 heteroatoms. The van der Waals surface area contributed by atoms with E-state index in [1.54, 1.807) is 0 Å². The third kappa shape index (κ3) is 3.55. The van der Waals surface area contributed by atoms with Crippen LogP contribution in [0.25, 0.3) is 0 Å². The zero-order valence-corrected chi connectivity index (χ0v) is 11.4. The Bertz CT molecular complexity index is 342. The maximum atomic E-state index is 5.47. The molecule has 1 N–H and O–H groups in total. The van der Waals surface area contributed by atoms with Gasteiger partial charge in [0.1, 0.15) is 0 Å². The zero-order chi connectivity index (χ0) is 12.8. The molecule has 1 aromatic carbocycles. The van der Waals surface area contributed by atoms with Crippen molar-refractivity contribution in [3.8, 4) is 0 Å². The van der Waals surface area contributed by atoms with E-state index < -0.39 is 0 Å². The van der Waals surface area contributed by atoms with Gasteiger partial charge in [0.25, 0.3) is 0 Å². The Labute approximate surface area is 110 Å². The Balaban J connectivity index is 1.87. The average Bonchev–Trinajstić information content (AvgIpc) is 2.42. The maximum Gasteiger partial charge on any atom is 0.0619 e. The quantitative estimate of drug-likeness (QED) is 0.863. The van der Waals surface area contributed by atoms with Gasteiger partial charge in [-0.05, 0) is 26.0 Å². The number of rotatable bonds is 5. The van der Waals surface area contributed by atoms with E-state index in [1.165, 1.54) is 5.56 Å². The van der Waals surface area contributed by atoms with Crippen LogP contribution in [0.2, 0.25) is 0 Å². The molecule has 0 bridgehead atoms. The topological polar surface area (TPSA) is 24.5 Å². The van der Waals surface area contributed by atoms with Gasteiger partial charge in [-0.15, -0.1) is 0 Å². The van der Waals surface area contributed by atoms with E-state index >= 15 is 0 Å². The molecule has 2 unspecified atom stereocenters. The van der Waals surface area contributed by atoms with Crippen LogP contribution in [-0.2, 0) is 4.74 Å². The maximum absolute atomic E-state index is 5.47. The van der Waals surface area contributed by atoms with Crippen molar-refractivity contribution < 1.29 is 4.74 Å². The Morgan fingerprint density at radius 2 is 2.17 bits per heavy atom. The van der Waals surface area contributed by atoms with Crippen LogP contribution in [0, 0.1) is 0 Å². The van der Waals surface area contributed by atoms with Crippen LogP contribution in [0.1, 0.15) is 24.9 Å². The molecule has 0 aliphatic carbocycles. The third-order valence-electron chi connectivity index (χ3n) is 3.76. The fourth-order valence-corrected chi connectivity index (χ4v) is 2.55. The molecule has 1 aliphatic heterocycles. The minimum atomic E-state index is 0.446. The fraction of sp³-hybridized carbons (Fsp3) is 0.600. The van der Waals surface area contributed by atoms with E-state index in [9.17, 15) is 0 Å². The molecule has 0 aromatic heterocycles. The molecule has 1 fully saturated rings. The number of ether oxygens (including phenoxy) is 1. The van der Waals surface area contributed by atoms with Crippen LogP contribution in [0.3, 0.4) is 0 Å². The van der Waals surface area contributed by atoms with Crippen LogP contribution in [0.5, 0.6) is 0 Å². The van der Waals surface area contributed by atoms with Gasteiger partial charge in [-0.1, -0.05) is 30.3 Å². The lowest BCUT2D eigenvalue weighted by atomic mass is 10.0. The number of nitrogens with one attached hydrogen (secondary N) is 1. The van der Waals surface area contributed by atoms with Gasteiger partial charge in [-0.3, -0.25) is 4.90 Å². The van der Waals surface area contributed by atoms with Crippen molar-refractivity contribution in [3.63, 3.8) is 0 Å². The van der Waals surface area contributed by atoms with Crippen molar-refractivity contribution in [1.29, 1.82) is 0 Å². The first-order valence-corrected chi connectivity index (χ1v) is 6.85. The van der Waals surface area contributed by atoms with E-state index in [0.717, 1.165) is 32.7 Å². The number of hydrogen-bond acceptors (Lipinski definition) is 3. The minimum Gasteiger partial charge on any atom is -0.379 e. The molecular weight excluding hydrogens is 224 g/mol. The van der Waals surface area contributed by atoms with Crippen LogP contribution in [0.15, 0.2) is 30.3 Å². The van der Waals surface area contributed by atoms with E-state index in [4.69, 9.17) is 4.74 Å². The highest BCUT2D eigenvalue weighted by atomic mass is 16.5. The third-order valence-corrected chi connectivity index (χ3v) is 3.76. The summed E-state index contributed by atoms with van der Waals surface area (Å²) in [7, 11) is 2.04. The van der Waals surface area contributed by atoms with Crippen LogP contribution >= 0.6 is 0 Å². The van der Waals surface area contributed by atoms with Gasteiger partial charge >= 0.3 is 0 Å². The normalized spacial score (nSPS) is 22.9. The van der Waals surface area contributed by atoms with Crippen molar-refractivity contribution in [2.24, 2.45) is 0 Å². The standard InChI is InChI=1S/C15H24N2O/c1-13-12-18-11-10-17(13)9-8-15(16-2)14-6-4-3-5-7-14/h3-7,13,15-16H,8-12H2,1-2H3. The van der Waals surface area contributed by atoms with Gasteiger partial charge in [0.05, 0.1) is 13.2 Å². The second-order valence-corrected chi connectivity index (χ2v) is 5.00. The molecule has 1 aromatic rings. The minimum absolute atomic E-state index is 0.446. The van der Waals surface area contributed by atoms with Gasteiger partial charge in [0.2, 0.25) is 0 Å². The van der Waals surface area contributed by atoms with Crippen LogP contribution in [0.4, 0.5) is 0 Å². The highest BCUT2D eigenvalue weighted by molar-refractivity contribution is 5.18.